The number of carbonyl (C=O) groups is 1. The van der Waals surface area contributed by atoms with E-state index < -0.39 is 0 Å². The molecule has 0 saturated heterocycles. The Morgan fingerprint density at radius 2 is 2.43 bits per heavy atom. The third-order valence-electron chi connectivity index (χ3n) is 3.15. The van der Waals surface area contributed by atoms with Crippen LogP contribution in [0.3, 0.4) is 0 Å². The van der Waals surface area contributed by atoms with Crippen LogP contribution in [-0.2, 0) is 13.0 Å². The Balaban J connectivity index is 2.20. The third kappa shape index (κ3) is 3.23. The predicted molar refractivity (Wildman–Crippen MR) is 76.1 cm³/mol. The molecule has 1 amide bonds. The van der Waals surface area contributed by atoms with Crippen LogP contribution in [0.4, 0.5) is 5.69 Å². The highest BCUT2D eigenvalue weighted by atomic mass is 16.3. The highest BCUT2D eigenvalue weighted by Gasteiger charge is 2.23. The summed E-state index contributed by atoms with van der Waals surface area (Å²) in [5.41, 5.74) is 7.21. The van der Waals surface area contributed by atoms with Gasteiger partial charge in [0.05, 0.1) is 36.7 Å². The molecule has 0 atom stereocenters. The van der Waals surface area contributed by atoms with Gasteiger partial charge in [-0.15, -0.1) is 0 Å². The normalized spacial score (nSPS) is 10.3. The second kappa shape index (κ2) is 6.61. The number of nitrogen functional groups attached to an aromatic ring is 1. The van der Waals surface area contributed by atoms with Gasteiger partial charge in [-0.25, -0.2) is 0 Å². The molecule has 7 heteroatoms. The molecule has 2 aromatic rings. The van der Waals surface area contributed by atoms with E-state index in [1.165, 1.54) is 4.90 Å². The predicted octanol–water partition coefficient (Wildman–Crippen LogP) is 1.70. The number of nitrogens with two attached hydrogens (primary N) is 1. The molecule has 0 saturated carbocycles. The van der Waals surface area contributed by atoms with Gasteiger partial charge in [-0.2, -0.15) is 10.4 Å². The van der Waals surface area contributed by atoms with Crippen molar-refractivity contribution >= 4 is 11.6 Å². The van der Waals surface area contributed by atoms with E-state index in [0.29, 0.717) is 24.4 Å². The molecule has 0 radical (unpaired) electrons. The van der Waals surface area contributed by atoms with Crippen LogP contribution >= 0.6 is 0 Å². The Labute approximate surface area is 122 Å². The molecule has 2 heterocycles. The van der Waals surface area contributed by atoms with Crippen LogP contribution in [0.15, 0.2) is 22.8 Å². The number of nitrogens with one attached hydrogen (secondary N) is 1. The summed E-state index contributed by atoms with van der Waals surface area (Å²) in [5.74, 6) is 0.334. The van der Waals surface area contributed by atoms with Crippen molar-refractivity contribution in [1.82, 2.24) is 15.1 Å². The monoisotopic (exact) mass is 287 g/mol. The van der Waals surface area contributed by atoms with Gasteiger partial charge in [-0.1, -0.05) is 6.92 Å². The first-order valence-electron chi connectivity index (χ1n) is 6.68. The summed E-state index contributed by atoms with van der Waals surface area (Å²) in [6.45, 7) is 2.50. The van der Waals surface area contributed by atoms with Crippen molar-refractivity contribution in [2.75, 3.05) is 12.3 Å². The summed E-state index contributed by atoms with van der Waals surface area (Å²) in [6, 6.07) is 5.56. The standard InChI is InChI=1S/C14H17N5O2/c1-2-11-12(16)13(18-17-11)14(20)19(7-4-6-15)9-10-5-3-8-21-10/h3,5,8H,2,4,7,9,16H2,1H3,(H,17,18). The van der Waals surface area contributed by atoms with Crippen LogP contribution < -0.4 is 5.73 Å². The first kappa shape index (κ1) is 14.7. The molecule has 0 unspecified atom stereocenters. The van der Waals surface area contributed by atoms with E-state index in [9.17, 15) is 4.79 Å². The number of nitrogens with zero attached hydrogens (tertiary/aromatic N) is 3. The fourth-order valence-corrected chi connectivity index (χ4v) is 2.00. The highest BCUT2D eigenvalue weighted by Crippen LogP contribution is 2.18. The Morgan fingerprint density at radius 1 is 1.62 bits per heavy atom. The average Bonchev–Trinajstić information content (AvgIpc) is 3.12. The lowest BCUT2D eigenvalue weighted by Gasteiger charge is -2.19. The highest BCUT2D eigenvalue weighted by molar-refractivity contribution is 5.97. The second-order valence-electron chi connectivity index (χ2n) is 4.53. The minimum Gasteiger partial charge on any atom is -0.467 e. The summed E-state index contributed by atoms with van der Waals surface area (Å²) < 4.78 is 5.25. The molecule has 0 bridgehead atoms. The molecular weight excluding hydrogens is 270 g/mol. The van der Waals surface area contributed by atoms with Crippen molar-refractivity contribution in [3.05, 3.63) is 35.5 Å². The van der Waals surface area contributed by atoms with Gasteiger partial charge in [0.1, 0.15) is 5.76 Å². The van der Waals surface area contributed by atoms with Crippen LogP contribution in [0.1, 0.15) is 35.3 Å². The molecular formula is C14H17N5O2. The van der Waals surface area contributed by atoms with E-state index in [1.807, 2.05) is 13.0 Å². The van der Waals surface area contributed by atoms with Gasteiger partial charge in [-0.05, 0) is 18.6 Å². The van der Waals surface area contributed by atoms with Crippen molar-refractivity contribution in [2.24, 2.45) is 0 Å². The minimum atomic E-state index is -0.310. The van der Waals surface area contributed by atoms with Crippen molar-refractivity contribution in [3.8, 4) is 6.07 Å². The van der Waals surface area contributed by atoms with E-state index in [0.717, 1.165) is 5.69 Å². The Morgan fingerprint density at radius 3 is 3.00 bits per heavy atom. The molecule has 0 spiro atoms. The molecule has 2 aromatic heterocycles. The zero-order valence-electron chi connectivity index (χ0n) is 11.8. The van der Waals surface area contributed by atoms with Crippen LogP contribution in [-0.4, -0.2) is 27.5 Å². The van der Waals surface area contributed by atoms with Crippen molar-refractivity contribution < 1.29 is 9.21 Å². The number of aromatic nitrogens is 2. The van der Waals surface area contributed by atoms with E-state index in [-0.39, 0.29) is 24.6 Å². The van der Waals surface area contributed by atoms with Crippen molar-refractivity contribution in [2.45, 2.75) is 26.3 Å². The molecule has 21 heavy (non-hydrogen) atoms. The van der Waals surface area contributed by atoms with Crippen LogP contribution in [0.25, 0.3) is 0 Å². The topological polar surface area (TPSA) is 112 Å². The number of aryl methyl sites for hydroxylation is 1. The maximum Gasteiger partial charge on any atom is 0.276 e. The molecule has 3 N–H and O–H groups in total. The lowest BCUT2D eigenvalue weighted by atomic mass is 10.2. The van der Waals surface area contributed by atoms with Gasteiger partial charge in [0.25, 0.3) is 5.91 Å². The van der Waals surface area contributed by atoms with Gasteiger partial charge in [0, 0.05) is 6.54 Å². The van der Waals surface area contributed by atoms with Gasteiger partial charge >= 0.3 is 0 Å². The summed E-state index contributed by atoms with van der Waals surface area (Å²) in [6.07, 6.45) is 2.44. The number of amides is 1. The van der Waals surface area contributed by atoms with Crippen molar-refractivity contribution in [1.29, 1.82) is 5.26 Å². The maximum atomic E-state index is 12.5. The molecule has 7 nitrogen and oxygen atoms in total. The number of nitriles is 1. The van der Waals surface area contributed by atoms with Gasteiger partial charge in [0.2, 0.25) is 0 Å². The Kier molecular flexibility index (Phi) is 4.61. The lowest BCUT2D eigenvalue weighted by Crippen LogP contribution is -2.32. The zero-order chi connectivity index (χ0) is 15.2. The summed E-state index contributed by atoms with van der Waals surface area (Å²) in [4.78, 5) is 14.0. The first-order chi connectivity index (χ1) is 10.2. The lowest BCUT2D eigenvalue weighted by molar-refractivity contribution is 0.0730. The van der Waals surface area contributed by atoms with Crippen LogP contribution in [0.2, 0.25) is 0 Å². The summed E-state index contributed by atoms with van der Waals surface area (Å²) in [7, 11) is 0. The number of hydrogen-bond acceptors (Lipinski definition) is 5. The van der Waals surface area contributed by atoms with Crippen LogP contribution in [0.5, 0.6) is 0 Å². The van der Waals surface area contributed by atoms with E-state index in [1.54, 1.807) is 18.4 Å². The summed E-state index contributed by atoms with van der Waals surface area (Å²) >= 11 is 0. The molecule has 2 rings (SSSR count). The molecule has 0 aliphatic carbocycles. The fraction of sp³-hybridized carbons (Fsp3) is 0.357. The SMILES string of the molecule is CCc1[nH]nc(C(=O)N(CCC#N)Cc2ccco2)c1N. The second-order valence-corrected chi connectivity index (χ2v) is 4.53. The Bertz CT molecular complexity index is 639. The van der Waals surface area contributed by atoms with Crippen molar-refractivity contribution in [3.63, 3.8) is 0 Å². The first-order valence-corrected chi connectivity index (χ1v) is 6.68. The molecule has 0 fully saturated rings. The van der Waals surface area contributed by atoms with Crippen LogP contribution in [0, 0.1) is 11.3 Å². The maximum absolute atomic E-state index is 12.5. The smallest absolute Gasteiger partial charge is 0.276 e. The number of carbonyl (C=O) groups excluding carboxylic acids is 1. The zero-order valence-corrected chi connectivity index (χ0v) is 11.8. The number of hydrogen-bond donors (Lipinski definition) is 2. The quantitative estimate of drug-likeness (QED) is 0.839. The Hall–Kier alpha value is -2.75. The molecule has 110 valence electrons. The largest absolute Gasteiger partial charge is 0.467 e. The molecule has 0 aliphatic heterocycles. The van der Waals surface area contributed by atoms with Gasteiger partial charge < -0.3 is 15.1 Å². The fourth-order valence-electron chi connectivity index (χ4n) is 2.00. The minimum absolute atomic E-state index is 0.191. The third-order valence-corrected chi connectivity index (χ3v) is 3.15. The van der Waals surface area contributed by atoms with E-state index in [4.69, 9.17) is 15.4 Å². The number of aromatic amines is 1. The van der Waals surface area contributed by atoms with Gasteiger partial charge in [-0.3, -0.25) is 9.89 Å². The number of anilines is 1. The summed E-state index contributed by atoms with van der Waals surface area (Å²) in [5, 5.41) is 15.5. The number of furan rings is 1. The molecule has 0 aliphatic rings. The van der Waals surface area contributed by atoms with E-state index >= 15 is 0 Å². The molecule has 0 aromatic carbocycles. The average molecular weight is 287 g/mol. The number of H-pyrrole nitrogens is 1. The van der Waals surface area contributed by atoms with E-state index in [2.05, 4.69) is 10.2 Å². The van der Waals surface area contributed by atoms with Gasteiger partial charge in [0.15, 0.2) is 5.69 Å². The number of rotatable bonds is 6.